The number of benzene rings is 1. The smallest absolute Gasteiger partial charge is 0.417 e. The Bertz CT molecular complexity index is 520. The van der Waals surface area contributed by atoms with Crippen molar-refractivity contribution < 1.29 is 46.0 Å². The van der Waals surface area contributed by atoms with Crippen LogP contribution in [-0.2, 0) is 22.1 Å². The SMILES string of the molecule is COOC(=O)c1c(O)cc(C(F)(F)F)cc1C(F)(F)F. The van der Waals surface area contributed by atoms with Crippen molar-refractivity contribution in [3.63, 3.8) is 0 Å². The van der Waals surface area contributed by atoms with Gasteiger partial charge in [-0.15, -0.1) is 0 Å². The van der Waals surface area contributed by atoms with E-state index < -0.39 is 40.8 Å². The van der Waals surface area contributed by atoms with Crippen LogP contribution in [0.4, 0.5) is 26.3 Å². The summed E-state index contributed by atoms with van der Waals surface area (Å²) < 4.78 is 75.2. The molecule has 0 saturated heterocycles. The highest BCUT2D eigenvalue weighted by Crippen LogP contribution is 2.41. The van der Waals surface area contributed by atoms with Gasteiger partial charge < -0.3 is 5.11 Å². The summed E-state index contributed by atoms with van der Waals surface area (Å²) in [7, 11) is 0.798. The highest BCUT2D eigenvalue weighted by molar-refractivity contribution is 5.94. The lowest BCUT2D eigenvalue weighted by atomic mass is 10.0. The molecule has 20 heavy (non-hydrogen) atoms. The van der Waals surface area contributed by atoms with Gasteiger partial charge in [-0.05, 0) is 12.1 Å². The minimum Gasteiger partial charge on any atom is -0.507 e. The van der Waals surface area contributed by atoms with E-state index in [2.05, 4.69) is 9.78 Å². The van der Waals surface area contributed by atoms with Crippen LogP contribution < -0.4 is 0 Å². The normalized spacial score (nSPS) is 12.3. The summed E-state index contributed by atoms with van der Waals surface area (Å²) in [4.78, 5) is 18.8. The number of phenolic OH excluding ortho intramolecular Hbond substituents is 1. The van der Waals surface area contributed by atoms with Gasteiger partial charge in [0.15, 0.2) is 0 Å². The van der Waals surface area contributed by atoms with Gasteiger partial charge in [0, 0.05) is 0 Å². The van der Waals surface area contributed by atoms with Crippen molar-refractivity contribution >= 4 is 5.97 Å². The molecular formula is C10H6F6O4. The molecule has 0 aliphatic rings. The molecule has 0 aliphatic heterocycles. The van der Waals surface area contributed by atoms with Crippen LogP contribution in [0.15, 0.2) is 12.1 Å². The molecule has 1 N–H and O–H groups in total. The molecule has 1 aromatic rings. The molecule has 1 aromatic carbocycles. The fraction of sp³-hybridized carbons (Fsp3) is 0.300. The van der Waals surface area contributed by atoms with Gasteiger partial charge in [-0.25, -0.2) is 4.79 Å². The van der Waals surface area contributed by atoms with Crippen LogP contribution in [-0.4, -0.2) is 18.2 Å². The monoisotopic (exact) mass is 304 g/mol. The number of hydrogen-bond donors (Lipinski definition) is 1. The molecule has 0 spiro atoms. The predicted octanol–water partition coefficient (Wildman–Crippen LogP) is 3.15. The highest BCUT2D eigenvalue weighted by atomic mass is 19.4. The van der Waals surface area contributed by atoms with Crippen LogP contribution in [0.2, 0.25) is 0 Å². The van der Waals surface area contributed by atoms with Gasteiger partial charge in [0.1, 0.15) is 11.3 Å². The van der Waals surface area contributed by atoms with Crippen LogP contribution >= 0.6 is 0 Å². The van der Waals surface area contributed by atoms with E-state index in [4.69, 9.17) is 0 Å². The Balaban J connectivity index is 3.56. The Hall–Kier alpha value is -1.97. The number of rotatable bonds is 2. The average Bonchev–Trinajstić information content (AvgIpc) is 2.25. The van der Waals surface area contributed by atoms with E-state index in [0.29, 0.717) is 0 Å². The quantitative estimate of drug-likeness (QED) is 0.518. The molecule has 0 heterocycles. The van der Waals surface area contributed by atoms with Gasteiger partial charge >= 0.3 is 18.3 Å². The Labute approximate surface area is 107 Å². The average molecular weight is 304 g/mol. The molecule has 4 nitrogen and oxygen atoms in total. The minimum absolute atomic E-state index is 0.0124. The van der Waals surface area contributed by atoms with E-state index in [-0.39, 0.29) is 12.1 Å². The second-order valence-electron chi connectivity index (χ2n) is 3.45. The molecule has 0 amide bonds. The first-order chi connectivity index (χ1) is 8.98. The summed E-state index contributed by atoms with van der Waals surface area (Å²) in [6, 6.07) is -0.312. The molecule has 0 bridgehead atoms. The van der Waals surface area contributed by atoms with Crippen molar-refractivity contribution in [2.24, 2.45) is 0 Å². The van der Waals surface area contributed by atoms with E-state index in [9.17, 15) is 36.2 Å². The first-order valence-corrected chi connectivity index (χ1v) is 4.75. The lowest BCUT2D eigenvalue weighted by molar-refractivity contribution is -0.216. The molecule has 1 rings (SSSR count). The standard InChI is InChI=1S/C10H6F6O4/c1-19-20-8(18)7-5(10(14,15)16)2-4(3-6(7)17)9(11,12)13/h2-3,17H,1H3. The van der Waals surface area contributed by atoms with Crippen LogP contribution in [0.5, 0.6) is 5.75 Å². The third-order valence-corrected chi connectivity index (χ3v) is 2.11. The maximum atomic E-state index is 12.7. The molecule has 10 heteroatoms. The number of halogens is 6. The van der Waals surface area contributed by atoms with E-state index in [0.717, 1.165) is 7.11 Å². The van der Waals surface area contributed by atoms with Crippen molar-refractivity contribution in [1.29, 1.82) is 0 Å². The molecule has 0 atom stereocenters. The van der Waals surface area contributed by atoms with Crippen LogP contribution in [0.25, 0.3) is 0 Å². The number of carbonyl (C=O) groups excluding carboxylic acids is 1. The Morgan fingerprint density at radius 3 is 2.05 bits per heavy atom. The second-order valence-corrected chi connectivity index (χ2v) is 3.45. The van der Waals surface area contributed by atoms with Gasteiger partial charge in [-0.3, -0.25) is 4.89 Å². The van der Waals surface area contributed by atoms with Gasteiger partial charge in [0.25, 0.3) is 0 Å². The largest absolute Gasteiger partial charge is 0.507 e. The molecule has 0 unspecified atom stereocenters. The highest BCUT2D eigenvalue weighted by Gasteiger charge is 2.42. The molecule has 0 aliphatic carbocycles. The van der Waals surface area contributed by atoms with Gasteiger partial charge in [-0.2, -0.15) is 31.2 Å². The maximum Gasteiger partial charge on any atom is 0.417 e. The van der Waals surface area contributed by atoms with Crippen molar-refractivity contribution in [1.82, 2.24) is 0 Å². The van der Waals surface area contributed by atoms with Crippen LogP contribution in [0.1, 0.15) is 21.5 Å². The fourth-order valence-electron chi connectivity index (χ4n) is 1.35. The number of alkyl halides is 6. The van der Waals surface area contributed by atoms with Gasteiger partial charge in [0.2, 0.25) is 0 Å². The lowest BCUT2D eigenvalue weighted by Gasteiger charge is -2.16. The molecule has 0 fully saturated rings. The van der Waals surface area contributed by atoms with E-state index in [1.807, 2.05) is 0 Å². The van der Waals surface area contributed by atoms with Crippen LogP contribution in [0.3, 0.4) is 0 Å². The summed E-state index contributed by atoms with van der Waals surface area (Å²) in [6.07, 6.45) is -10.4. The van der Waals surface area contributed by atoms with Crippen molar-refractivity contribution in [3.8, 4) is 5.75 Å². The summed E-state index contributed by atoms with van der Waals surface area (Å²) in [6.45, 7) is 0. The zero-order valence-electron chi connectivity index (χ0n) is 9.59. The summed E-state index contributed by atoms with van der Waals surface area (Å²) in [5.41, 5.74) is -5.20. The summed E-state index contributed by atoms with van der Waals surface area (Å²) in [5.74, 6) is -3.29. The molecule has 0 aromatic heterocycles. The number of aromatic hydroxyl groups is 1. The number of hydrogen-bond acceptors (Lipinski definition) is 4. The number of phenols is 1. The van der Waals surface area contributed by atoms with E-state index in [1.165, 1.54) is 0 Å². The topological polar surface area (TPSA) is 55.8 Å². The van der Waals surface area contributed by atoms with Crippen LogP contribution in [0, 0.1) is 0 Å². The third kappa shape index (κ3) is 3.32. The van der Waals surface area contributed by atoms with E-state index >= 15 is 0 Å². The fourth-order valence-corrected chi connectivity index (χ4v) is 1.35. The lowest BCUT2D eigenvalue weighted by Crippen LogP contribution is -2.17. The molecular weight excluding hydrogens is 298 g/mol. The van der Waals surface area contributed by atoms with Crippen molar-refractivity contribution in [2.45, 2.75) is 12.4 Å². The number of carbonyl (C=O) groups is 1. The van der Waals surface area contributed by atoms with Gasteiger partial charge in [0.05, 0.1) is 18.2 Å². The summed E-state index contributed by atoms with van der Waals surface area (Å²) in [5, 5.41) is 9.24. The third-order valence-electron chi connectivity index (χ3n) is 2.11. The Morgan fingerprint density at radius 1 is 1.10 bits per heavy atom. The molecule has 112 valence electrons. The molecule has 0 radical (unpaired) electrons. The first-order valence-electron chi connectivity index (χ1n) is 4.75. The Morgan fingerprint density at radius 2 is 1.65 bits per heavy atom. The van der Waals surface area contributed by atoms with Gasteiger partial charge in [-0.1, -0.05) is 0 Å². The second kappa shape index (κ2) is 5.19. The maximum absolute atomic E-state index is 12.7. The van der Waals surface area contributed by atoms with Crippen molar-refractivity contribution in [2.75, 3.05) is 7.11 Å². The van der Waals surface area contributed by atoms with Crippen molar-refractivity contribution in [3.05, 3.63) is 28.8 Å². The Kier molecular flexibility index (Phi) is 4.18. The molecule has 0 saturated carbocycles. The minimum atomic E-state index is -5.30. The zero-order chi connectivity index (χ0) is 15.7. The summed E-state index contributed by atoms with van der Waals surface area (Å²) >= 11 is 0. The van der Waals surface area contributed by atoms with E-state index in [1.54, 1.807) is 0 Å². The first kappa shape index (κ1) is 16.1. The zero-order valence-corrected chi connectivity index (χ0v) is 9.59. The predicted molar refractivity (Wildman–Crippen MR) is 50.5 cm³/mol.